The van der Waals surface area contributed by atoms with Crippen molar-refractivity contribution in [2.75, 3.05) is 6.54 Å². The van der Waals surface area contributed by atoms with Gasteiger partial charge in [0.1, 0.15) is 0 Å². The molecule has 0 saturated heterocycles. The molecule has 0 aromatic heterocycles. The standard InChI is InChI=1S/C11H21NO6P2S/c1-9(21)4-2-3-5-10-6-7-11(12-8-10,19(13,14)15)20(16,17)18/h6-7,10,12H,2-5,8H2,1H3,(H2,13,14,15)(H2,16,17,18). The first kappa shape index (κ1) is 19.1. The van der Waals surface area contributed by atoms with Crippen LogP contribution in [0.1, 0.15) is 32.6 Å². The summed E-state index contributed by atoms with van der Waals surface area (Å²) in [6, 6.07) is 0. The van der Waals surface area contributed by atoms with E-state index in [4.69, 9.17) is 12.2 Å². The van der Waals surface area contributed by atoms with Crippen molar-refractivity contribution in [2.45, 2.75) is 37.6 Å². The van der Waals surface area contributed by atoms with Gasteiger partial charge in [0.25, 0.3) is 0 Å². The number of nitrogens with one attached hydrogen (secondary N) is 1. The molecule has 0 bridgehead atoms. The monoisotopic (exact) mass is 357 g/mol. The van der Waals surface area contributed by atoms with Crippen molar-refractivity contribution in [3.8, 4) is 0 Å². The second kappa shape index (κ2) is 7.11. The summed E-state index contributed by atoms with van der Waals surface area (Å²) in [6.45, 7) is 2.00. The van der Waals surface area contributed by atoms with Crippen molar-refractivity contribution < 1.29 is 28.7 Å². The second-order valence-electron chi connectivity index (χ2n) is 5.26. The minimum absolute atomic E-state index is 0.0124. The lowest BCUT2D eigenvalue weighted by atomic mass is 9.98. The van der Waals surface area contributed by atoms with Crippen molar-refractivity contribution in [2.24, 2.45) is 5.92 Å². The first-order valence-corrected chi connectivity index (χ1v) is 10.2. The Morgan fingerprint density at radius 2 is 1.86 bits per heavy atom. The Morgan fingerprint density at radius 1 is 1.29 bits per heavy atom. The molecule has 10 heteroatoms. The summed E-state index contributed by atoms with van der Waals surface area (Å²) < 4.78 is 22.9. The van der Waals surface area contributed by atoms with E-state index in [0.29, 0.717) is 0 Å². The van der Waals surface area contributed by atoms with E-state index in [9.17, 15) is 28.7 Å². The van der Waals surface area contributed by atoms with Crippen LogP contribution in [0.4, 0.5) is 0 Å². The fourth-order valence-corrected chi connectivity index (χ4v) is 4.88. The molecular weight excluding hydrogens is 336 g/mol. The molecule has 0 radical (unpaired) electrons. The summed E-state index contributed by atoms with van der Waals surface area (Å²) in [7, 11) is -10.1. The molecule has 1 aliphatic heterocycles. The van der Waals surface area contributed by atoms with Gasteiger partial charge in [-0.2, -0.15) is 0 Å². The van der Waals surface area contributed by atoms with E-state index >= 15 is 0 Å². The van der Waals surface area contributed by atoms with Gasteiger partial charge < -0.3 is 19.6 Å². The fraction of sp³-hybridized carbons (Fsp3) is 0.727. The summed E-state index contributed by atoms with van der Waals surface area (Å²) in [5, 5.41) is -0.222. The number of hydrogen-bond donors (Lipinski definition) is 5. The fourth-order valence-electron chi connectivity index (χ4n) is 2.23. The number of unbranched alkanes of at least 4 members (excludes halogenated alkanes) is 1. The average Bonchev–Trinajstić information content (AvgIpc) is 2.32. The van der Waals surface area contributed by atoms with Crippen LogP contribution in [-0.4, -0.2) is 36.0 Å². The Labute approximate surface area is 129 Å². The summed E-state index contributed by atoms with van der Waals surface area (Å²) in [5.74, 6) is -0.0124. The predicted octanol–water partition coefficient (Wildman–Crippen LogP) is 1.72. The SMILES string of the molecule is CC(=S)CCCCC1C=CC(P(=O)(O)O)(P(=O)(O)O)NC1. The van der Waals surface area contributed by atoms with Gasteiger partial charge in [0.05, 0.1) is 0 Å². The van der Waals surface area contributed by atoms with Gasteiger partial charge in [0, 0.05) is 6.54 Å². The maximum absolute atomic E-state index is 11.5. The van der Waals surface area contributed by atoms with Crippen LogP contribution in [0.15, 0.2) is 12.2 Å². The third-order valence-electron chi connectivity index (χ3n) is 3.47. The topological polar surface area (TPSA) is 127 Å². The van der Waals surface area contributed by atoms with Gasteiger partial charge in [-0.1, -0.05) is 24.7 Å². The number of thiocarbonyl (C=S) groups is 1. The molecule has 21 heavy (non-hydrogen) atoms. The Hall–Kier alpha value is 0.0900. The summed E-state index contributed by atoms with van der Waals surface area (Å²) in [4.78, 5) is 38.1. The molecule has 1 rings (SSSR count). The normalized spacial score (nSPS) is 22.2. The van der Waals surface area contributed by atoms with Crippen molar-refractivity contribution in [1.29, 1.82) is 0 Å². The quantitative estimate of drug-likeness (QED) is 0.202. The van der Waals surface area contributed by atoms with Crippen LogP contribution in [0.5, 0.6) is 0 Å². The molecule has 1 aliphatic rings. The maximum Gasteiger partial charge on any atom is 0.361 e. The number of rotatable bonds is 7. The molecular formula is C11H21NO6P2S. The van der Waals surface area contributed by atoms with Crippen LogP contribution in [0, 0.1) is 5.92 Å². The van der Waals surface area contributed by atoms with Crippen LogP contribution in [0.3, 0.4) is 0 Å². The highest BCUT2D eigenvalue weighted by atomic mass is 32.1. The minimum Gasteiger partial charge on any atom is -0.322 e. The summed E-state index contributed by atoms with van der Waals surface area (Å²) in [6.07, 6.45) is 5.87. The van der Waals surface area contributed by atoms with Gasteiger partial charge in [-0.3, -0.25) is 14.4 Å². The third-order valence-corrected chi connectivity index (χ3v) is 7.63. The molecule has 7 nitrogen and oxygen atoms in total. The molecule has 0 saturated carbocycles. The Morgan fingerprint density at radius 3 is 2.24 bits per heavy atom. The summed E-state index contributed by atoms with van der Waals surface area (Å²) in [5.41, 5.74) is 0. The first-order valence-electron chi connectivity index (χ1n) is 6.55. The highest BCUT2D eigenvalue weighted by Crippen LogP contribution is 2.68. The maximum atomic E-state index is 11.5. The van der Waals surface area contributed by atoms with Gasteiger partial charge in [0.2, 0.25) is 5.02 Å². The van der Waals surface area contributed by atoms with Crippen LogP contribution < -0.4 is 5.32 Å². The van der Waals surface area contributed by atoms with Crippen LogP contribution in [-0.2, 0) is 9.13 Å². The summed E-state index contributed by atoms with van der Waals surface area (Å²) >= 11 is 4.98. The molecule has 1 heterocycles. The predicted molar refractivity (Wildman–Crippen MR) is 84.2 cm³/mol. The number of hydrogen-bond acceptors (Lipinski definition) is 4. The lowest BCUT2D eigenvalue weighted by molar-refractivity contribution is 0.296. The van der Waals surface area contributed by atoms with E-state index in [1.165, 1.54) is 6.08 Å². The highest BCUT2D eigenvalue weighted by molar-refractivity contribution is 7.80. The largest absolute Gasteiger partial charge is 0.361 e. The van der Waals surface area contributed by atoms with Crippen molar-refractivity contribution in [3.05, 3.63) is 12.2 Å². The smallest absolute Gasteiger partial charge is 0.322 e. The first-order chi connectivity index (χ1) is 9.49. The minimum atomic E-state index is -5.04. The van der Waals surface area contributed by atoms with E-state index in [1.807, 2.05) is 6.92 Å². The van der Waals surface area contributed by atoms with Gasteiger partial charge >= 0.3 is 15.2 Å². The van der Waals surface area contributed by atoms with Crippen LogP contribution >= 0.6 is 27.4 Å². The molecule has 0 fully saturated rings. The van der Waals surface area contributed by atoms with E-state index in [0.717, 1.165) is 36.6 Å². The molecule has 0 aliphatic carbocycles. The molecule has 0 aromatic rings. The molecule has 1 unspecified atom stereocenters. The molecule has 0 amide bonds. The van der Waals surface area contributed by atoms with E-state index < -0.39 is 20.2 Å². The molecule has 5 N–H and O–H groups in total. The Kier molecular flexibility index (Phi) is 6.48. The van der Waals surface area contributed by atoms with Gasteiger partial charge in [-0.25, -0.2) is 0 Å². The van der Waals surface area contributed by atoms with Crippen molar-refractivity contribution >= 4 is 32.3 Å². The van der Waals surface area contributed by atoms with E-state index in [1.54, 1.807) is 0 Å². The third kappa shape index (κ3) is 4.78. The van der Waals surface area contributed by atoms with Crippen LogP contribution in [0.25, 0.3) is 0 Å². The van der Waals surface area contributed by atoms with Crippen molar-refractivity contribution in [1.82, 2.24) is 5.32 Å². The van der Waals surface area contributed by atoms with Crippen molar-refractivity contribution in [3.63, 3.8) is 0 Å². The van der Waals surface area contributed by atoms with Gasteiger partial charge in [-0.05, 0) is 43.0 Å². The zero-order chi connectivity index (χ0) is 16.3. The zero-order valence-electron chi connectivity index (χ0n) is 11.7. The zero-order valence-corrected chi connectivity index (χ0v) is 14.3. The van der Waals surface area contributed by atoms with E-state index in [2.05, 4.69) is 5.32 Å². The molecule has 122 valence electrons. The second-order valence-corrected chi connectivity index (χ2v) is 9.90. The van der Waals surface area contributed by atoms with Gasteiger partial charge in [-0.15, -0.1) is 0 Å². The van der Waals surface area contributed by atoms with Crippen LogP contribution in [0.2, 0.25) is 0 Å². The lowest BCUT2D eigenvalue weighted by Gasteiger charge is -2.37. The lowest BCUT2D eigenvalue weighted by Crippen LogP contribution is -2.47. The molecule has 0 spiro atoms. The van der Waals surface area contributed by atoms with Gasteiger partial charge in [0.15, 0.2) is 0 Å². The van der Waals surface area contributed by atoms with E-state index in [-0.39, 0.29) is 12.5 Å². The molecule has 1 atom stereocenters. The Balaban J connectivity index is 2.72. The molecule has 0 aromatic carbocycles. The highest BCUT2D eigenvalue weighted by Gasteiger charge is 2.59. The average molecular weight is 357 g/mol. The Bertz CT molecular complexity index is 489.